The maximum absolute atomic E-state index is 13.4. The minimum absolute atomic E-state index is 0.338. The van der Waals surface area contributed by atoms with Crippen LogP contribution in [0.2, 0.25) is 0 Å². The van der Waals surface area contributed by atoms with Gasteiger partial charge in [0.2, 0.25) is 0 Å². The maximum Gasteiger partial charge on any atom is 0.265 e. The molecule has 2 aliphatic rings. The lowest BCUT2D eigenvalue weighted by molar-refractivity contribution is -0.136. The summed E-state index contributed by atoms with van der Waals surface area (Å²) < 4.78 is 10.5. The highest BCUT2D eigenvalue weighted by Gasteiger charge is 2.51. The Bertz CT molecular complexity index is 986. The zero-order valence-electron chi connectivity index (χ0n) is 18.0. The third-order valence-corrected chi connectivity index (χ3v) is 6.15. The monoisotopic (exact) mass is 424 g/mol. The van der Waals surface area contributed by atoms with Crippen LogP contribution in [0.5, 0.6) is 11.5 Å². The number of carbonyl (C=O) groups excluding carboxylic acids is 2. The Balaban J connectivity index is 1.61. The Kier molecular flexibility index (Phi) is 5.98. The highest BCUT2D eigenvalue weighted by Crippen LogP contribution is 2.43. The van der Waals surface area contributed by atoms with Crippen molar-refractivity contribution in [1.82, 2.24) is 4.90 Å². The van der Waals surface area contributed by atoms with E-state index in [2.05, 4.69) is 4.90 Å². The standard InChI is InChI=1S/C24H28N2O5/c1-30-21-11-10-17(14-22(21)31-2)20(27)15-24(29)18-8-4-5-9-19(18)26(23(24)28)16-25-12-6-3-7-13-25/h4-5,8-11,14,29H,3,6-7,12-13,15-16H2,1-2H3/t24-/m0/s1. The fourth-order valence-corrected chi connectivity index (χ4v) is 4.46. The van der Waals surface area contributed by atoms with E-state index in [4.69, 9.17) is 9.47 Å². The third kappa shape index (κ3) is 3.91. The Labute approximate surface area is 182 Å². The number of carbonyl (C=O) groups is 2. The molecule has 4 rings (SSSR count). The molecule has 7 nitrogen and oxygen atoms in total. The van der Waals surface area contributed by atoms with Gasteiger partial charge in [0.05, 0.1) is 33.0 Å². The summed E-state index contributed by atoms with van der Waals surface area (Å²) in [6, 6.07) is 12.0. The first-order chi connectivity index (χ1) is 15.0. The molecule has 0 unspecified atom stereocenters. The first kappa shape index (κ1) is 21.3. The number of rotatable bonds is 7. The van der Waals surface area contributed by atoms with Crippen LogP contribution < -0.4 is 14.4 Å². The van der Waals surface area contributed by atoms with E-state index in [0.717, 1.165) is 25.9 Å². The number of para-hydroxylation sites is 1. The van der Waals surface area contributed by atoms with Crippen molar-refractivity contribution in [3.8, 4) is 11.5 Å². The number of likely N-dealkylation sites (tertiary alicyclic amines) is 1. The van der Waals surface area contributed by atoms with Gasteiger partial charge in [0.1, 0.15) is 0 Å². The number of aliphatic hydroxyl groups is 1. The predicted octanol–water partition coefficient (Wildman–Crippen LogP) is 2.95. The average Bonchev–Trinajstić information content (AvgIpc) is 3.01. The van der Waals surface area contributed by atoms with Gasteiger partial charge in [-0.25, -0.2) is 0 Å². The number of hydrogen-bond donors (Lipinski definition) is 1. The first-order valence-corrected chi connectivity index (χ1v) is 10.6. The van der Waals surface area contributed by atoms with Crippen molar-refractivity contribution in [2.24, 2.45) is 0 Å². The van der Waals surface area contributed by atoms with Crippen LogP contribution in [0.15, 0.2) is 42.5 Å². The molecule has 164 valence electrons. The fourth-order valence-electron chi connectivity index (χ4n) is 4.46. The smallest absolute Gasteiger partial charge is 0.265 e. The highest BCUT2D eigenvalue weighted by molar-refractivity contribution is 6.10. The van der Waals surface area contributed by atoms with Crippen molar-refractivity contribution in [1.29, 1.82) is 0 Å². The van der Waals surface area contributed by atoms with Gasteiger partial charge in [0.15, 0.2) is 22.9 Å². The summed E-state index contributed by atoms with van der Waals surface area (Å²) in [7, 11) is 3.02. The quantitative estimate of drug-likeness (QED) is 0.689. The van der Waals surface area contributed by atoms with E-state index in [1.54, 1.807) is 35.2 Å². The second kappa shape index (κ2) is 8.69. The van der Waals surface area contributed by atoms with Gasteiger partial charge < -0.3 is 14.6 Å². The van der Waals surface area contributed by atoms with Gasteiger partial charge in [0, 0.05) is 11.1 Å². The number of benzene rings is 2. The molecule has 0 aromatic heterocycles. The third-order valence-electron chi connectivity index (χ3n) is 6.15. The normalized spacial score (nSPS) is 21.1. The van der Waals surface area contributed by atoms with Crippen LogP contribution in [0.4, 0.5) is 5.69 Å². The lowest BCUT2D eigenvalue weighted by Crippen LogP contribution is -2.47. The summed E-state index contributed by atoms with van der Waals surface area (Å²) in [4.78, 5) is 30.3. The molecule has 0 spiro atoms. The number of Topliss-reactive ketones (excluding diaryl/α,β-unsaturated/α-hetero) is 1. The Morgan fingerprint density at radius 1 is 1.03 bits per heavy atom. The van der Waals surface area contributed by atoms with E-state index in [-0.39, 0.29) is 12.2 Å². The van der Waals surface area contributed by atoms with Crippen LogP contribution in [-0.2, 0) is 10.4 Å². The topological polar surface area (TPSA) is 79.3 Å². The van der Waals surface area contributed by atoms with E-state index in [0.29, 0.717) is 35.0 Å². The molecule has 1 atom stereocenters. The number of ketones is 1. The average molecular weight is 424 g/mol. The van der Waals surface area contributed by atoms with E-state index >= 15 is 0 Å². The molecule has 7 heteroatoms. The second-order valence-corrected chi connectivity index (χ2v) is 8.10. The molecule has 1 N–H and O–H groups in total. The molecule has 1 amide bonds. The molecule has 0 aliphatic carbocycles. The summed E-state index contributed by atoms with van der Waals surface area (Å²) in [5.74, 6) is 0.137. The van der Waals surface area contributed by atoms with Crippen molar-refractivity contribution in [2.75, 3.05) is 38.9 Å². The molecule has 2 heterocycles. The van der Waals surface area contributed by atoms with Crippen LogP contribution in [-0.4, -0.2) is 55.7 Å². The number of fused-ring (bicyclic) bond motifs is 1. The number of piperidine rings is 1. The van der Waals surface area contributed by atoms with Crippen molar-refractivity contribution in [3.05, 3.63) is 53.6 Å². The van der Waals surface area contributed by atoms with Gasteiger partial charge in [-0.3, -0.25) is 19.4 Å². The fraction of sp³-hybridized carbons (Fsp3) is 0.417. The van der Waals surface area contributed by atoms with Gasteiger partial charge in [-0.15, -0.1) is 0 Å². The second-order valence-electron chi connectivity index (χ2n) is 8.10. The number of amides is 1. The summed E-state index contributed by atoms with van der Waals surface area (Å²) in [5.41, 5.74) is -0.395. The zero-order chi connectivity index (χ0) is 22.0. The van der Waals surface area contributed by atoms with Gasteiger partial charge in [-0.2, -0.15) is 0 Å². The molecule has 0 saturated carbocycles. The molecular formula is C24H28N2O5. The van der Waals surface area contributed by atoms with Gasteiger partial charge in [0.25, 0.3) is 5.91 Å². The lowest BCUT2D eigenvalue weighted by atomic mass is 9.88. The van der Waals surface area contributed by atoms with Crippen molar-refractivity contribution in [3.63, 3.8) is 0 Å². The Morgan fingerprint density at radius 3 is 2.45 bits per heavy atom. The first-order valence-electron chi connectivity index (χ1n) is 10.6. The van der Waals surface area contributed by atoms with Crippen LogP contribution in [0, 0.1) is 0 Å². The van der Waals surface area contributed by atoms with Crippen molar-refractivity contribution in [2.45, 2.75) is 31.3 Å². The summed E-state index contributed by atoms with van der Waals surface area (Å²) in [6.45, 7) is 2.27. The van der Waals surface area contributed by atoms with Gasteiger partial charge in [-0.1, -0.05) is 24.6 Å². The Hall–Kier alpha value is -2.90. The number of ether oxygens (including phenoxy) is 2. The Morgan fingerprint density at radius 2 is 1.74 bits per heavy atom. The number of methoxy groups -OCH3 is 2. The minimum atomic E-state index is -1.89. The van der Waals surface area contributed by atoms with Crippen LogP contribution in [0.3, 0.4) is 0 Å². The molecule has 0 bridgehead atoms. The van der Waals surface area contributed by atoms with E-state index in [9.17, 15) is 14.7 Å². The van der Waals surface area contributed by atoms with E-state index in [1.807, 2.05) is 12.1 Å². The van der Waals surface area contributed by atoms with Gasteiger partial charge >= 0.3 is 0 Å². The van der Waals surface area contributed by atoms with Crippen molar-refractivity contribution < 1.29 is 24.2 Å². The van der Waals surface area contributed by atoms with E-state index in [1.165, 1.54) is 20.6 Å². The van der Waals surface area contributed by atoms with E-state index < -0.39 is 11.5 Å². The molecule has 0 radical (unpaired) electrons. The SMILES string of the molecule is COc1ccc(C(=O)C[C@@]2(O)C(=O)N(CN3CCCCC3)c3ccccc32)cc1OC. The molecule has 1 saturated heterocycles. The lowest BCUT2D eigenvalue weighted by Gasteiger charge is -2.31. The molecule has 2 aromatic carbocycles. The summed E-state index contributed by atoms with van der Waals surface area (Å²) in [5, 5.41) is 11.5. The van der Waals surface area contributed by atoms with Crippen LogP contribution >= 0.6 is 0 Å². The molecule has 31 heavy (non-hydrogen) atoms. The zero-order valence-corrected chi connectivity index (χ0v) is 18.0. The molecule has 1 fully saturated rings. The number of hydrogen-bond acceptors (Lipinski definition) is 6. The molecule has 2 aromatic rings. The summed E-state index contributed by atoms with van der Waals surface area (Å²) in [6.07, 6.45) is 3.07. The molecular weight excluding hydrogens is 396 g/mol. The molecule has 2 aliphatic heterocycles. The predicted molar refractivity (Wildman–Crippen MR) is 117 cm³/mol. The van der Waals surface area contributed by atoms with Crippen molar-refractivity contribution >= 4 is 17.4 Å². The summed E-state index contributed by atoms with van der Waals surface area (Å²) >= 11 is 0. The van der Waals surface area contributed by atoms with Crippen LogP contribution in [0.25, 0.3) is 0 Å². The maximum atomic E-state index is 13.4. The van der Waals surface area contributed by atoms with Crippen LogP contribution in [0.1, 0.15) is 41.6 Å². The minimum Gasteiger partial charge on any atom is -0.493 e. The highest BCUT2D eigenvalue weighted by atomic mass is 16.5. The van der Waals surface area contributed by atoms with Gasteiger partial charge in [-0.05, 0) is 50.2 Å². The number of anilines is 1. The largest absolute Gasteiger partial charge is 0.493 e. The number of nitrogens with zero attached hydrogens (tertiary/aromatic N) is 2.